The van der Waals surface area contributed by atoms with Crippen LogP contribution in [0.5, 0.6) is 5.75 Å². The van der Waals surface area contributed by atoms with Crippen LogP contribution in [0.3, 0.4) is 0 Å². The first-order valence-electron chi connectivity index (χ1n) is 10.1. The topological polar surface area (TPSA) is 105 Å². The standard InChI is InChI=1S/C23H22N4O4/c1-2-31-21-6-4-3-5-16(21)18-14-20(27(26-18)22(28)9-10-23(29)30)15-7-8-17-19(13-15)25-12-11-24-17/h3-8,11-13,20H,2,9-10,14H2,1H3,(H,29,30)/t20-/m1/s1. The van der Waals surface area contributed by atoms with Gasteiger partial charge in [0.15, 0.2) is 0 Å². The van der Waals surface area contributed by atoms with Gasteiger partial charge in [-0.05, 0) is 36.8 Å². The maximum Gasteiger partial charge on any atom is 0.303 e. The number of rotatable bonds is 7. The van der Waals surface area contributed by atoms with Crippen LogP contribution in [0.2, 0.25) is 0 Å². The van der Waals surface area contributed by atoms with Crippen LogP contribution < -0.4 is 4.74 Å². The van der Waals surface area contributed by atoms with Gasteiger partial charge in [-0.2, -0.15) is 5.10 Å². The minimum absolute atomic E-state index is 0.122. The lowest BCUT2D eigenvalue weighted by Gasteiger charge is -2.22. The summed E-state index contributed by atoms with van der Waals surface area (Å²) in [7, 11) is 0. The van der Waals surface area contributed by atoms with Crippen molar-refractivity contribution in [3.63, 3.8) is 0 Å². The van der Waals surface area contributed by atoms with Crippen LogP contribution in [-0.2, 0) is 9.59 Å². The predicted molar refractivity (Wildman–Crippen MR) is 115 cm³/mol. The maximum absolute atomic E-state index is 12.9. The molecule has 0 spiro atoms. The Balaban J connectivity index is 1.71. The number of para-hydroxylation sites is 1. The van der Waals surface area contributed by atoms with E-state index in [1.54, 1.807) is 12.4 Å². The van der Waals surface area contributed by atoms with Crippen molar-refractivity contribution in [1.29, 1.82) is 0 Å². The second-order valence-electron chi connectivity index (χ2n) is 7.13. The lowest BCUT2D eigenvalue weighted by Crippen LogP contribution is -2.27. The van der Waals surface area contributed by atoms with Crippen molar-refractivity contribution in [2.45, 2.75) is 32.2 Å². The van der Waals surface area contributed by atoms with Gasteiger partial charge >= 0.3 is 5.97 Å². The Morgan fingerprint density at radius 2 is 1.87 bits per heavy atom. The number of nitrogens with zero attached hydrogens (tertiary/aromatic N) is 4. The minimum Gasteiger partial charge on any atom is -0.493 e. The molecule has 1 aliphatic rings. The molecule has 1 aromatic heterocycles. The molecule has 1 atom stereocenters. The highest BCUT2D eigenvalue weighted by Gasteiger charge is 2.34. The van der Waals surface area contributed by atoms with Gasteiger partial charge in [-0.3, -0.25) is 19.6 Å². The van der Waals surface area contributed by atoms with E-state index in [0.29, 0.717) is 18.8 Å². The summed E-state index contributed by atoms with van der Waals surface area (Å²) < 4.78 is 5.74. The Hall–Kier alpha value is -3.81. The summed E-state index contributed by atoms with van der Waals surface area (Å²) in [5.74, 6) is -0.654. The molecule has 0 bridgehead atoms. The van der Waals surface area contributed by atoms with Crippen LogP contribution in [-0.4, -0.2) is 44.3 Å². The molecule has 4 rings (SSSR count). The van der Waals surface area contributed by atoms with E-state index in [-0.39, 0.29) is 24.8 Å². The van der Waals surface area contributed by atoms with Crippen molar-refractivity contribution in [3.8, 4) is 5.75 Å². The molecular weight excluding hydrogens is 396 g/mol. The highest BCUT2D eigenvalue weighted by atomic mass is 16.5. The van der Waals surface area contributed by atoms with Gasteiger partial charge in [-0.1, -0.05) is 18.2 Å². The van der Waals surface area contributed by atoms with Crippen molar-refractivity contribution in [3.05, 3.63) is 66.0 Å². The van der Waals surface area contributed by atoms with Gasteiger partial charge in [0.1, 0.15) is 5.75 Å². The molecule has 31 heavy (non-hydrogen) atoms. The fraction of sp³-hybridized carbons (Fsp3) is 0.261. The highest BCUT2D eigenvalue weighted by Crippen LogP contribution is 2.36. The zero-order valence-electron chi connectivity index (χ0n) is 17.1. The van der Waals surface area contributed by atoms with Crippen molar-refractivity contribution in [1.82, 2.24) is 15.0 Å². The summed E-state index contributed by atoms with van der Waals surface area (Å²) >= 11 is 0. The summed E-state index contributed by atoms with van der Waals surface area (Å²) in [6, 6.07) is 12.9. The smallest absolute Gasteiger partial charge is 0.303 e. The van der Waals surface area contributed by atoms with E-state index in [9.17, 15) is 9.59 Å². The van der Waals surface area contributed by atoms with Crippen molar-refractivity contribution < 1.29 is 19.4 Å². The molecule has 158 valence electrons. The van der Waals surface area contributed by atoms with Crippen molar-refractivity contribution >= 4 is 28.6 Å². The number of carboxylic acids is 1. The summed E-state index contributed by atoms with van der Waals surface area (Å²) in [5.41, 5.74) is 3.89. The van der Waals surface area contributed by atoms with Crippen LogP contribution in [0.25, 0.3) is 11.0 Å². The van der Waals surface area contributed by atoms with E-state index < -0.39 is 5.97 Å². The van der Waals surface area contributed by atoms with E-state index in [1.165, 1.54) is 5.01 Å². The van der Waals surface area contributed by atoms with Gasteiger partial charge in [0.2, 0.25) is 5.91 Å². The average Bonchev–Trinajstić information content (AvgIpc) is 3.23. The number of fused-ring (bicyclic) bond motifs is 1. The van der Waals surface area contributed by atoms with Gasteiger partial charge in [0.05, 0.1) is 35.8 Å². The number of hydrazone groups is 1. The second kappa shape index (κ2) is 8.91. The van der Waals surface area contributed by atoms with Crippen molar-refractivity contribution in [2.24, 2.45) is 5.10 Å². The molecule has 2 aromatic carbocycles. The Morgan fingerprint density at radius 1 is 1.10 bits per heavy atom. The molecule has 0 saturated heterocycles. The number of benzene rings is 2. The SMILES string of the molecule is CCOc1ccccc1C1=NN(C(=O)CCC(=O)O)[C@@H](c2ccc3nccnc3c2)C1. The number of hydrogen-bond donors (Lipinski definition) is 1. The Bertz CT molecular complexity index is 1160. The van der Waals surface area contributed by atoms with Crippen LogP contribution in [0.4, 0.5) is 0 Å². The zero-order chi connectivity index (χ0) is 21.8. The fourth-order valence-electron chi connectivity index (χ4n) is 3.67. The lowest BCUT2D eigenvalue weighted by molar-refractivity contribution is -0.141. The summed E-state index contributed by atoms with van der Waals surface area (Å²) in [5, 5.41) is 15.0. The number of carbonyl (C=O) groups is 2. The molecule has 1 N–H and O–H groups in total. The molecule has 2 heterocycles. The van der Waals surface area contributed by atoms with Gasteiger partial charge in [-0.15, -0.1) is 0 Å². The number of aromatic nitrogens is 2. The monoisotopic (exact) mass is 418 g/mol. The van der Waals surface area contributed by atoms with Crippen molar-refractivity contribution in [2.75, 3.05) is 6.61 Å². The van der Waals surface area contributed by atoms with Crippen LogP contribution in [0.1, 0.15) is 43.4 Å². The fourth-order valence-corrected chi connectivity index (χ4v) is 3.67. The number of amides is 1. The van der Waals surface area contributed by atoms with Crippen LogP contribution in [0.15, 0.2) is 60.0 Å². The van der Waals surface area contributed by atoms with Gasteiger partial charge in [0, 0.05) is 30.8 Å². The molecule has 3 aromatic rings. The number of carbonyl (C=O) groups excluding carboxylic acids is 1. The number of carboxylic acid groups (broad SMARTS) is 1. The number of ether oxygens (including phenoxy) is 1. The van der Waals surface area contributed by atoms with Crippen LogP contribution >= 0.6 is 0 Å². The van der Waals surface area contributed by atoms with Gasteiger partial charge in [-0.25, -0.2) is 5.01 Å². The molecule has 0 fully saturated rings. The summed E-state index contributed by atoms with van der Waals surface area (Å²) in [4.78, 5) is 32.5. The zero-order valence-corrected chi connectivity index (χ0v) is 17.1. The molecule has 8 nitrogen and oxygen atoms in total. The number of hydrogen-bond acceptors (Lipinski definition) is 6. The van der Waals surface area contributed by atoms with E-state index in [4.69, 9.17) is 9.84 Å². The first-order chi connectivity index (χ1) is 15.1. The quantitative estimate of drug-likeness (QED) is 0.629. The third kappa shape index (κ3) is 4.37. The molecule has 0 radical (unpaired) electrons. The summed E-state index contributed by atoms with van der Waals surface area (Å²) in [6.45, 7) is 2.42. The van der Waals surface area contributed by atoms with Crippen LogP contribution in [0, 0.1) is 0 Å². The molecule has 0 unspecified atom stereocenters. The first-order valence-corrected chi connectivity index (χ1v) is 10.1. The Kier molecular flexibility index (Phi) is 5.88. The highest BCUT2D eigenvalue weighted by molar-refractivity contribution is 6.05. The predicted octanol–water partition coefficient (Wildman–Crippen LogP) is 3.57. The van der Waals surface area contributed by atoms with E-state index >= 15 is 0 Å². The Labute approximate surface area is 179 Å². The van der Waals surface area contributed by atoms with E-state index in [0.717, 1.165) is 27.9 Å². The maximum atomic E-state index is 12.9. The minimum atomic E-state index is -1.02. The molecule has 0 aliphatic carbocycles. The molecule has 1 amide bonds. The lowest BCUT2D eigenvalue weighted by atomic mass is 9.97. The molecule has 1 aliphatic heterocycles. The third-order valence-electron chi connectivity index (χ3n) is 5.09. The van der Waals surface area contributed by atoms with Gasteiger partial charge < -0.3 is 9.84 Å². The largest absolute Gasteiger partial charge is 0.493 e. The number of aliphatic carboxylic acids is 1. The summed E-state index contributed by atoms with van der Waals surface area (Å²) in [6.07, 6.45) is 3.37. The Morgan fingerprint density at radius 3 is 2.65 bits per heavy atom. The normalized spacial score (nSPS) is 15.7. The molecular formula is C23H22N4O4. The average molecular weight is 418 g/mol. The third-order valence-corrected chi connectivity index (χ3v) is 5.09. The second-order valence-corrected chi connectivity index (χ2v) is 7.13. The molecule has 8 heteroatoms. The van der Waals surface area contributed by atoms with E-state index in [2.05, 4.69) is 15.1 Å². The first kappa shape index (κ1) is 20.5. The molecule has 0 saturated carbocycles. The van der Waals surface area contributed by atoms with Gasteiger partial charge in [0.25, 0.3) is 0 Å². The van der Waals surface area contributed by atoms with E-state index in [1.807, 2.05) is 49.4 Å².